The van der Waals surface area contributed by atoms with E-state index in [1.165, 1.54) is 36.4 Å². The summed E-state index contributed by atoms with van der Waals surface area (Å²) in [4.78, 5) is 22.7. The highest BCUT2D eigenvalue weighted by Crippen LogP contribution is 2.28. The number of halogens is 2. The number of benzene rings is 2. The molecule has 126 valence electrons. The molecule has 0 radical (unpaired) electrons. The molecular formula is C15H8ClFN4O3S. The van der Waals surface area contributed by atoms with Crippen molar-refractivity contribution in [3.63, 3.8) is 0 Å². The Morgan fingerprint density at radius 1 is 1.20 bits per heavy atom. The number of carbonyl (C=O) groups excluding carboxylic acids is 1. The van der Waals surface area contributed by atoms with Crippen LogP contribution >= 0.6 is 22.9 Å². The second-order valence-electron chi connectivity index (χ2n) is 4.79. The second kappa shape index (κ2) is 6.91. The van der Waals surface area contributed by atoms with Crippen molar-refractivity contribution in [2.75, 3.05) is 5.32 Å². The van der Waals surface area contributed by atoms with E-state index in [9.17, 15) is 19.3 Å². The molecule has 1 aromatic heterocycles. The van der Waals surface area contributed by atoms with Crippen LogP contribution in [-0.2, 0) is 0 Å². The third kappa shape index (κ3) is 3.78. The molecule has 1 N–H and O–H groups in total. The molecule has 3 rings (SSSR count). The van der Waals surface area contributed by atoms with Gasteiger partial charge >= 0.3 is 0 Å². The molecule has 0 aliphatic heterocycles. The van der Waals surface area contributed by atoms with Crippen molar-refractivity contribution in [2.45, 2.75) is 0 Å². The van der Waals surface area contributed by atoms with Crippen molar-refractivity contribution in [1.29, 1.82) is 0 Å². The summed E-state index contributed by atoms with van der Waals surface area (Å²) >= 11 is 6.86. The van der Waals surface area contributed by atoms with Gasteiger partial charge < -0.3 is 0 Å². The van der Waals surface area contributed by atoms with Crippen molar-refractivity contribution in [2.24, 2.45) is 0 Å². The maximum atomic E-state index is 12.9. The molecule has 1 heterocycles. The largest absolute Gasteiger partial charge is 0.296 e. The number of nitro benzene ring substituents is 1. The van der Waals surface area contributed by atoms with Crippen molar-refractivity contribution in [3.8, 4) is 10.6 Å². The van der Waals surface area contributed by atoms with Gasteiger partial charge in [-0.15, -0.1) is 10.2 Å². The Bertz CT molecular complexity index is 962. The van der Waals surface area contributed by atoms with Gasteiger partial charge in [0.05, 0.1) is 4.92 Å². The van der Waals surface area contributed by atoms with Gasteiger partial charge in [-0.25, -0.2) is 4.39 Å². The highest BCUT2D eigenvalue weighted by Gasteiger charge is 2.21. The van der Waals surface area contributed by atoms with E-state index >= 15 is 0 Å². The van der Waals surface area contributed by atoms with E-state index in [1.54, 1.807) is 0 Å². The number of nitrogens with zero attached hydrogens (tertiary/aromatic N) is 3. The molecule has 0 atom stereocenters. The molecule has 0 aliphatic rings. The van der Waals surface area contributed by atoms with Crippen LogP contribution in [0.4, 0.5) is 15.2 Å². The summed E-state index contributed by atoms with van der Waals surface area (Å²) in [7, 11) is 0. The number of nitro groups is 1. The lowest BCUT2D eigenvalue weighted by atomic mass is 10.1. The van der Waals surface area contributed by atoms with E-state index in [1.807, 2.05) is 0 Å². The zero-order valence-corrected chi connectivity index (χ0v) is 13.8. The molecule has 0 unspecified atom stereocenters. The number of rotatable bonds is 4. The Morgan fingerprint density at radius 3 is 2.60 bits per heavy atom. The van der Waals surface area contributed by atoms with Gasteiger partial charge in [-0.2, -0.15) is 0 Å². The molecule has 25 heavy (non-hydrogen) atoms. The number of aromatic nitrogens is 2. The Hall–Kier alpha value is -2.91. The topological polar surface area (TPSA) is 98.0 Å². The molecular weight excluding hydrogens is 371 g/mol. The summed E-state index contributed by atoms with van der Waals surface area (Å²) < 4.78 is 12.9. The van der Waals surface area contributed by atoms with E-state index in [0.29, 0.717) is 10.6 Å². The van der Waals surface area contributed by atoms with Crippen molar-refractivity contribution >= 4 is 39.7 Å². The summed E-state index contributed by atoms with van der Waals surface area (Å²) in [5.41, 5.74) is 0.0781. The number of carbonyl (C=O) groups is 1. The third-order valence-electron chi connectivity index (χ3n) is 3.14. The van der Waals surface area contributed by atoms with Gasteiger partial charge in [0.25, 0.3) is 11.6 Å². The fourth-order valence-corrected chi connectivity index (χ4v) is 2.91. The minimum atomic E-state index is -0.726. The first kappa shape index (κ1) is 16.9. The Labute approximate surface area is 149 Å². The maximum absolute atomic E-state index is 12.9. The van der Waals surface area contributed by atoms with E-state index in [0.717, 1.165) is 17.4 Å². The molecule has 3 aromatic rings. The molecule has 7 nitrogen and oxygen atoms in total. The van der Waals surface area contributed by atoms with Crippen molar-refractivity contribution < 1.29 is 14.1 Å². The monoisotopic (exact) mass is 378 g/mol. The summed E-state index contributed by atoms with van der Waals surface area (Å²) in [5.74, 6) is -1.11. The summed E-state index contributed by atoms with van der Waals surface area (Å²) in [6.45, 7) is 0. The van der Waals surface area contributed by atoms with Gasteiger partial charge in [0, 0.05) is 16.7 Å². The van der Waals surface area contributed by atoms with Crippen LogP contribution in [0.25, 0.3) is 10.6 Å². The Kier molecular flexibility index (Phi) is 4.68. The average Bonchev–Trinajstić information content (AvgIpc) is 3.03. The molecule has 1 amide bonds. The molecule has 10 heteroatoms. The standard InChI is InChI=1S/C15H8ClFN4O3S/c16-9-3-6-12(21(23)24)11(7-9)13(22)18-15-20-19-14(25-15)8-1-4-10(17)5-2-8/h1-7H,(H,18,20,22). The molecule has 0 spiro atoms. The van der Waals surface area contributed by atoms with Gasteiger partial charge in [0.1, 0.15) is 16.4 Å². The zero-order valence-electron chi connectivity index (χ0n) is 12.3. The summed E-state index contributed by atoms with van der Waals surface area (Å²) in [6.07, 6.45) is 0. The first-order valence-corrected chi connectivity index (χ1v) is 7.98. The van der Waals surface area contributed by atoms with Gasteiger partial charge in [-0.1, -0.05) is 22.9 Å². The predicted octanol–water partition coefficient (Wildman–Crippen LogP) is 4.16. The molecule has 0 aliphatic carbocycles. The minimum Gasteiger partial charge on any atom is -0.296 e. The molecule has 0 saturated heterocycles. The number of hydrogen-bond acceptors (Lipinski definition) is 6. The van der Waals surface area contributed by atoms with E-state index in [-0.39, 0.29) is 27.2 Å². The fraction of sp³-hybridized carbons (Fsp3) is 0. The number of hydrogen-bond donors (Lipinski definition) is 1. The van der Waals surface area contributed by atoms with Crippen molar-refractivity contribution in [1.82, 2.24) is 10.2 Å². The molecule has 2 aromatic carbocycles. The van der Waals surface area contributed by atoms with Crippen LogP contribution in [-0.4, -0.2) is 21.0 Å². The van der Waals surface area contributed by atoms with Crippen molar-refractivity contribution in [3.05, 3.63) is 69.0 Å². The van der Waals surface area contributed by atoms with E-state index < -0.39 is 10.8 Å². The van der Waals surface area contributed by atoms with Crippen LogP contribution in [0.5, 0.6) is 0 Å². The molecule has 0 bridgehead atoms. The minimum absolute atomic E-state index is 0.151. The number of anilines is 1. The zero-order chi connectivity index (χ0) is 18.0. The second-order valence-corrected chi connectivity index (χ2v) is 6.21. The first-order chi connectivity index (χ1) is 11.9. The highest BCUT2D eigenvalue weighted by atomic mass is 35.5. The maximum Gasteiger partial charge on any atom is 0.282 e. The van der Waals surface area contributed by atoms with Gasteiger partial charge in [0.2, 0.25) is 5.13 Å². The smallest absolute Gasteiger partial charge is 0.282 e. The first-order valence-electron chi connectivity index (χ1n) is 6.79. The number of nitrogens with one attached hydrogen (secondary N) is 1. The Balaban J connectivity index is 1.84. The summed E-state index contributed by atoms with van der Waals surface area (Å²) in [5, 5.41) is 22.0. The molecule has 0 fully saturated rings. The van der Waals surface area contributed by atoms with Crippen LogP contribution in [0, 0.1) is 15.9 Å². The van der Waals surface area contributed by atoms with E-state index in [2.05, 4.69) is 15.5 Å². The van der Waals surface area contributed by atoms with Gasteiger partial charge in [-0.3, -0.25) is 20.2 Å². The Morgan fingerprint density at radius 2 is 1.92 bits per heavy atom. The van der Waals surface area contributed by atoms with Crippen LogP contribution < -0.4 is 5.32 Å². The lowest BCUT2D eigenvalue weighted by Crippen LogP contribution is -2.13. The lowest BCUT2D eigenvalue weighted by molar-refractivity contribution is -0.385. The number of amides is 1. The summed E-state index contributed by atoms with van der Waals surface area (Å²) in [6, 6.07) is 9.31. The van der Waals surface area contributed by atoms with Gasteiger partial charge in [0.15, 0.2) is 0 Å². The lowest BCUT2D eigenvalue weighted by Gasteiger charge is -2.03. The van der Waals surface area contributed by atoms with Gasteiger partial charge in [-0.05, 0) is 36.4 Å². The highest BCUT2D eigenvalue weighted by molar-refractivity contribution is 7.18. The predicted molar refractivity (Wildman–Crippen MR) is 91.4 cm³/mol. The van der Waals surface area contributed by atoms with Crippen LogP contribution in [0.1, 0.15) is 10.4 Å². The van der Waals surface area contributed by atoms with Crippen LogP contribution in [0.2, 0.25) is 5.02 Å². The molecule has 0 saturated carbocycles. The fourth-order valence-electron chi connectivity index (χ4n) is 2.00. The SMILES string of the molecule is O=C(Nc1nnc(-c2ccc(F)cc2)s1)c1cc(Cl)ccc1[N+](=O)[O-]. The normalized spacial score (nSPS) is 10.5. The van der Waals surface area contributed by atoms with Crippen LogP contribution in [0.15, 0.2) is 42.5 Å². The average molecular weight is 379 g/mol. The quantitative estimate of drug-likeness (QED) is 0.543. The third-order valence-corrected chi connectivity index (χ3v) is 4.26. The van der Waals surface area contributed by atoms with Crippen LogP contribution in [0.3, 0.4) is 0 Å². The van der Waals surface area contributed by atoms with E-state index in [4.69, 9.17) is 11.6 Å².